The van der Waals surface area contributed by atoms with Crippen molar-refractivity contribution in [1.82, 2.24) is 5.32 Å². The van der Waals surface area contributed by atoms with Gasteiger partial charge in [0.1, 0.15) is 0 Å². The van der Waals surface area contributed by atoms with Crippen molar-refractivity contribution in [1.29, 1.82) is 0 Å². The summed E-state index contributed by atoms with van der Waals surface area (Å²) >= 11 is 5.57. The van der Waals surface area contributed by atoms with Gasteiger partial charge in [-0.25, -0.2) is 0 Å². The van der Waals surface area contributed by atoms with Crippen LogP contribution >= 0.6 is 11.6 Å². The molecular weight excluding hydrogens is 97.5 g/mol. The number of nitrogens with one attached hydrogen (secondary N) is 1. The maximum Gasteiger partial charge on any atom is 0.0828 e. The SMILES string of the molecule is ClC1CC[CH]N1. The van der Waals surface area contributed by atoms with Gasteiger partial charge in [0.2, 0.25) is 0 Å². The molecule has 0 aliphatic carbocycles. The summed E-state index contributed by atoms with van der Waals surface area (Å²) in [5.41, 5.74) is 0.213. The smallest absolute Gasteiger partial charge is 0.0828 e. The minimum atomic E-state index is 0.213. The summed E-state index contributed by atoms with van der Waals surface area (Å²) in [6.45, 7) is 2.00. The van der Waals surface area contributed by atoms with Crippen molar-refractivity contribution in [2.75, 3.05) is 0 Å². The molecule has 1 rings (SSSR count). The van der Waals surface area contributed by atoms with Crippen LogP contribution in [0.5, 0.6) is 0 Å². The molecular formula is C4H7ClN. The Labute approximate surface area is 42.7 Å². The van der Waals surface area contributed by atoms with Crippen molar-refractivity contribution in [3.63, 3.8) is 0 Å². The van der Waals surface area contributed by atoms with Gasteiger partial charge in [0, 0.05) is 6.54 Å². The van der Waals surface area contributed by atoms with E-state index < -0.39 is 0 Å². The first-order valence-electron chi connectivity index (χ1n) is 2.11. The quantitative estimate of drug-likeness (QED) is 0.359. The molecule has 0 amide bonds. The third kappa shape index (κ3) is 0.854. The first-order valence-corrected chi connectivity index (χ1v) is 2.55. The summed E-state index contributed by atoms with van der Waals surface area (Å²) in [7, 11) is 0. The summed E-state index contributed by atoms with van der Waals surface area (Å²) < 4.78 is 0. The summed E-state index contributed by atoms with van der Waals surface area (Å²) in [5, 5.41) is 2.96. The van der Waals surface area contributed by atoms with Crippen LogP contribution in [0.15, 0.2) is 0 Å². The molecule has 0 saturated carbocycles. The van der Waals surface area contributed by atoms with E-state index in [4.69, 9.17) is 11.6 Å². The Balaban J connectivity index is 2.18. The topological polar surface area (TPSA) is 12.0 Å². The second-order valence-electron chi connectivity index (χ2n) is 1.42. The van der Waals surface area contributed by atoms with E-state index in [9.17, 15) is 0 Å². The molecule has 0 spiro atoms. The molecule has 1 radical (unpaired) electrons. The second kappa shape index (κ2) is 1.80. The van der Waals surface area contributed by atoms with Crippen molar-refractivity contribution in [3.8, 4) is 0 Å². The predicted octanol–water partition coefficient (Wildman–Crippen LogP) is 1.10. The average molecular weight is 105 g/mol. The van der Waals surface area contributed by atoms with Crippen LogP contribution < -0.4 is 5.32 Å². The van der Waals surface area contributed by atoms with Crippen LogP contribution in [-0.4, -0.2) is 5.50 Å². The first kappa shape index (κ1) is 4.41. The molecule has 1 atom stereocenters. The Hall–Kier alpha value is 0.250. The molecule has 1 heterocycles. The molecule has 1 saturated heterocycles. The number of hydrogen-bond acceptors (Lipinski definition) is 1. The minimum Gasteiger partial charge on any atom is -0.297 e. The number of rotatable bonds is 0. The highest BCUT2D eigenvalue weighted by atomic mass is 35.5. The molecule has 1 unspecified atom stereocenters. The highest BCUT2D eigenvalue weighted by Gasteiger charge is 2.08. The third-order valence-electron chi connectivity index (χ3n) is 0.863. The van der Waals surface area contributed by atoms with Crippen LogP contribution in [0.25, 0.3) is 0 Å². The lowest BCUT2D eigenvalue weighted by Crippen LogP contribution is -2.09. The molecule has 2 heteroatoms. The van der Waals surface area contributed by atoms with E-state index in [2.05, 4.69) is 5.32 Å². The van der Waals surface area contributed by atoms with Crippen LogP contribution in [0, 0.1) is 6.54 Å². The van der Waals surface area contributed by atoms with Crippen molar-refractivity contribution in [2.45, 2.75) is 18.3 Å². The number of halogens is 1. The molecule has 35 valence electrons. The van der Waals surface area contributed by atoms with Crippen molar-refractivity contribution in [3.05, 3.63) is 6.54 Å². The summed E-state index contributed by atoms with van der Waals surface area (Å²) in [5.74, 6) is 0. The largest absolute Gasteiger partial charge is 0.297 e. The Kier molecular flexibility index (Phi) is 1.33. The maximum absolute atomic E-state index is 5.57. The zero-order valence-electron chi connectivity index (χ0n) is 3.45. The van der Waals surface area contributed by atoms with E-state index in [0.29, 0.717) is 0 Å². The summed E-state index contributed by atoms with van der Waals surface area (Å²) in [4.78, 5) is 0. The Morgan fingerprint density at radius 2 is 2.67 bits per heavy atom. The monoisotopic (exact) mass is 104 g/mol. The average Bonchev–Trinajstić information content (AvgIpc) is 1.86. The third-order valence-corrected chi connectivity index (χ3v) is 1.21. The van der Waals surface area contributed by atoms with Gasteiger partial charge in [-0.3, -0.25) is 5.32 Å². The lowest BCUT2D eigenvalue weighted by molar-refractivity contribution is 0.823. The van der Waals surface area contributed by atoms with Gasteiger partial charge in [-0.2, -0.15) is 0 Å². The molecule has 1 N–H and O–H groups in total. The Morgan fingerprint density at radius 1 is 1.83 bits per heavy atom. The zero-order valence-corrected chi connectivity index (χ0v) is 4.20. The van der Waals surface area contributed by atoms with Gasteiger partial charge in [0.05, 0.1) is 5.50 Å². The van der Waals surface area contributed by atoms with E-state index in [0.717, 1.165) is 12.8 Å². The van der Waals surface area contributed by atoms with Crippen LogP contribution in [0.2, 0.25) is 0 Å². The second-order valence-corrected chi connectivity index (χ2v) is 1.94. The molecule has 1 aliphatic rings. The van der Waals surface area contributed by atoms with E-state index in [-0.39, 0.29) is 5.50 Å². The first-order chi connectivity index (χ1) is 2.89. The van der Waals surface area contributed by atoms with Crippen LogP contribution in [-0.2, 0) is 0 Å². The molecule has 6 heavy (non-hydrogen) atoms. The van der Waals surface area contributed by atoms with E-state index in [1.807, 2.05) is 6.54 Å². The molecule has 0 aromatic heterocycles. The van der Waals surface area contributed by atoms with Crippen molar-refractivity contribution in [2.24, 2.45) is 0 Å². The van der Waals surface area contributed by atoms with Gasteiger partial charge in [0.15, 0.2) is 0 Å². The van der Waals surface area contributed by atoms with Crippen LogP contribution in [0.3, 0.4) is 0 Å². The Bertz CT molecular complexity index is 40.8. The van der Waals surface area contributed by atoms with Gasteiger partial charge in [-0.15, -0.1) is 11.6 Å². The van der Waals surface area contributed by atoms with Gasteiger partial charge in [-0.05, 0) is 12.8 Å². The predicted molar refractivity (Wildman–Crippen MR) is 26.3 cm³/mol. The molecule has 1 fully saturated rings. The van der Waals surface area contributed by atoms with Gasteiger partial charge < -0.3 is 0 Å². The number of hydrogen-bond donors (Lipinski definition) is 1. The molecule has 1 nitrogen and oxygen atoms in total. The standard InChI is InChI=1S/C4H7ClN/c5-4-2-1-3-6-4/h3-4,6H,1-2H2. The highest BCUT2D eigenvalue weighted by molar-refractivity contribution is 6.20. The minimum absolute atomic E-state index is 0.213. The molecule has 0 aromatic rings. The zero-order chi connectivity index (χ0) is 4.41. The maximum atomic E-state index is 5.57. The lowest BCUT2D eigenvalue weighted by atomic mass is 10.4. The fourth-order valence-electron chi connectivity index (χ4n) is 0.524. The molecule has 0 bridgehead atoms. The number of alkyl halides is 1. The van der Waals surface area contributed by atoms with Crippen LogP contribution in [0.1, 0.15) is 12.8 Å². The molecule has 1 aliphatic heterocycles. The highest BCUT2D eigenvalue weighted by Crippen LogP contribution is 2.10. The van der Waals surface area contributed by atoms with Crippen molar-refractivity contribution >= 4 is 11.6 Å². The fraction of sp³-hybridized carbons (Fsp3) is 0.750. The van der Waals surface area contributed by atoms with Gasteiger partial charge >= 0.3 is 0 Å². The summed E-state index contributed by atoms with van der Waals surface area (Å²) in [6.07, 6.45) is 2.20. The van der Waals surface area contributed by atoms with E-state index >= 15 is 0 Å². The van der Waals surface area contributed by atoms with Gasteiger partial charge in [-0.1, -0.05) is 0 Å². The van der Waals surface area contributed by atoms with E-state index in [1.54, 1.807) is 0 Å². The van der Waals surface area contributed by atoms with Crippen LogP contribution in [0.4, 0.5) is 0 Å². The summed E-state index contributed by atoms with van der Waals surface area (Å²) in [6, 6.07) is 0. The molecule has 0 aromatic carbocycles. The lowest BCUT2D eigenvalue weighted by Gasteiger charge is -1.91. The normalized spacial score (nSPS) is 34.5. The Morgan fingerprint density at radius 3 is 2.83 bits per heavy atom. The van der Waals surface area contributed by atoms with E-state index in [1.165, 1.54) is 0 Å². The van der Waals surface area contributed by atoms with Crippen molar-refractivity contribution < 1.29 is 0 Å². The van der Waals surface area contributed by atoms with Gasteiger partial charge in [0.25, 0.3) is 0 Å². The fourth-order valence-corrected chi connectivity index (χ4v) is 0.739.